The molecule has 2 fully saturated rings. The normalized spacial score (nSPS) is 19.9. The lowest BCUT2D eigenvalue weighted by atomic mass is 10.2. The molecule has 1 amide bonds. The Labute approximate surface area is 164 Å². The molecule has 4 rings (SSSR count). The molecule has 9 nitrogen and oxygen atoms in total. The summed E-state index contributed by atoms with van der Waals surface area (Å²) in [5.74, 6) is 1.61. The summed E-state index contributed by atoms with van der Waals surface area (Å²) in [6, 6.07) is 0.0649. The van der Waals surface area contributed by atoms with E-state index in [4.69, 9.17) is 9.97 Å². The number of hydrogen-bond donors (Lipinski definition) is 2. The quantitative estimate of drug-likeness (QED) is 0.703. The molecule has 0 bridgehead atoms. The predicted octanol–water partition coefficient (Wildman–Crippen LogP) is 1.23. The van der Waals surface area contributed by atoms with Crippen LogP contribution in [0.3, 0.4) is 0 Å². The summed E-state index contributed by atoms with van der Waals surface area (Å²) < 4.78 is 2.01. The Balaban J connectivity index is 1.65. The lowest BCUT2D eigenvalue weighted by molar-refractivity contribution is -0.127. The van der Waals surface area contributed by atoms with E-state index < -0.39 is 0 Å². The second-order valence-corrected chi connectivity index (χ2v) is 7.57. The zero-order valence-corrected chi connectivity index (χ0v) is 16.5. The van der Waals surface area contributed by atoms with Crippen LogP contribution in [0.25, 0.3) is 11.2 Å². The van der Waals surface area contributed by atoms with Gasteiger partial charge in [-0.3, -0.25) is 4.79 Å². The molecule has 2 saturated heterocycles. The number of amides is 1. The number of aromatic nitrogens is 4. The summed E-state index contributed by atoms with van der Waals surface area (Å²) in [5, 5.41) is 13.1. The molecule has 152 valence electrons. The van der Waals surface area contributed by atoms with Crippen molar-refractivity contribution in [3.05, 3.63) is 6.33 Å². The van der Waals surface area contributed by atoms with Crippen molar-refractivity contribution >= 4 is 28.8 Å². The highest BCUT2D eigenvalue weighted by Crippen LogP contribution is 2.27. The van der Waals surface area contributed by atoms with Crippen molar-refractivity contribution < 1.29 is 9.90 Å². The fourth-order valence-corrected chi connectivity index (χ4v) is 4.05. The molecule has 0 saturated carbocycles. The van der Waals surface area contributed by atoms with Gasteiger partial charge in [-0.2, -0.15) is 9.97 Å². The Bertz CT molecular complexity index is 837. The third-order valence-corrected chi connectivity index (χ3v) is 5.62. The van der Waals surface area contributed by atoms with Gasteiger partial charge >= 0.3 is 0 Å². The maximum Gasteiger partial charge on any atom is 0.229 e. The second kappa shape index (κ2) is 8.30. The number of carbonyl (C=O) groups is 1. The predicted molar refractivity (Wildman–Crippen MR) is 107 cm³/mol. The molecule has 0 aromatic carbocycles. The molecule has 2 aliphatic heterocycles. The van der Waals surface area contributed by atoms with E-state index in [1.807, 2.05) is 9.47 Å². The summed E-state index contributed by atoms with van der Waals surface area (Å²) in [5.41, 5.74) is 1.53. The van der Waals surface area contributed by atoms with Gasteiger partial charge in [0, 0.05) is 39.1 Å². The van der Waals surface area contributed by atoms with Crippen molar-refractivity contribution in [3.63, 3.8) is 0 Å². The maximum absolute atomic E-state index is 11.9. The van der Waals surface area contributed by atoms with Gasteiger partial charge in [0.2, 0.25) is 11.9 Å². The minimum Gasteiger partial charge on any atom is -0.394 e. The van der Waals surface area contributed by atoms with Crippen molar-refractivity contribution in [1.82, 2.24) is 24.4 Å². The zero-order chi connectivity index (χ0) is 19.5. The van der Waals surface area contributed by atoms with Gasteiger partial charge in [-0.25, -0.2) is 4.98 Å². The first-order valence-corrected chi connectivity index (χ1v) is 10.3. The molecule has 2 aromatic heterocycles. The van der Waals surface area contributed by atoms with Crippen LogP contribution in [0.4, 0.5) is 11.8 Å². The molecular formula is C19H29N7O2. The zero-order valence-electron chi connectivity index (χ0n) is 16.5. The Morgan fingerprint density at radius 1 is 1.25 bits per heavy atom. The molecule has 0 spiro atoms. The van der Waals surface area contributed by atoms with Crippen LogP contribution in [0, 0.1) is 0 Å². The molecule has 1 atom stereocenters. The monoisotopic (exact) mass is 387 g/mol. The van der Waals surface area contributed by atoms with Crippen LogP contribution in [0.5, 0.6) is 0 Å². The number of hydrogen-bond acceptors (Lipinski definition) is 7. The number of rotatable bonds is 8. The van der Waals surface area contributed by atoms with Gasteiger partial charge in [0.1, 0.15) is 0 Å². The summed E-state index contributed by atoms with van der Waals surface area (Å²) in [7, 11) is 0. The van der Waals surface area contributed by atoms with Crippen molar-refractivity contribution in [3.8, 4) is 0 Å². The highest BCUT2D eigenvalue weighted by Gasteiger charge is 2.28. The molecule has 0 aliphatic carbocycles. The molecule has 0 radical (unpaired) electrons. The first kappa shape index (κ1) is 18.9. The minimum absolute atomic E-state index is 0.0649. The molecule has 2 aliphatic rings. The number of aliphatic hydroxyl groups excluding tert-OH is 1. The van der Waals surface area contributed by atoms with Gasteiger partial charge in [-0.1, -0.05) is 6.92 Å². The van der Waals surface area contributed by atoms with E-state index in [0.717, 1.165) is 62.3 Å². The lowest BCUT2D eigenvalue weighted by Crippen LogP contribution is -2.33. The average molecular weight is 387 g/mol. The molecule has 4 heterocycles. The van der Waals surface area contributed by atoms with E-state index in [9.17, 15) is 9.90 Å². The number of likely N-dealkylation sites (tertiary alicyclic amines) is 1. The van der Waals surface area contributed by atoms with Crippen LogP contribution >= 0.6 is 0 Å². The van der Waals surface area contributed by atoms with Crippen molar-refractivity contribution in [2.75, 3.05) is 43.0 Å². The Morgan fingerprint density at radius 2 is 2.14 bits per heavy atom. The average Bonchev–Trinajstić information content (AvgIpc) is 3.43. The number of aliphatic hydroxyl groups is 1. The first-order chi connectivity index (χ1) is 13.7. The van der Waals surface area contributed by atoms with Crippen LogP contribution in [-0.4, -0.2) is 74.3 Å². The third-order valence-electron chi connectivity index (χ3n) is 5.62. The van der Waals surface area contributed by atoms with E-state index in [1.165, 1.54) is 0 Å². The summed E-state index contributed by atoms with van der Waals surface area (Å²) >= 11 is 0. The third kappa shape index (κ3) is 3.63. The first-order valence-electron chi connectivity index (χ1n) is 10.3. The molecular weight excluding hydrogens is 358 g/mol. The van der Waals surface area contributed by atoms with Gasteiger partial charge in [0.05, 0.1) is 19.0 Å². The maximum atomic E-state index is 11.9. The number of nitrogens with one attached hydrogen (secondary N) is 1. The van der Waals surface area contributed by atoms with Crippen LogP contribution in [0.1, 0.15) is 39.0 Å². The fraction of sp³-hybridized carbons (Fsp3) is 0.684. The fourth-order valence-electron chi connectivity index (χ4n) is 4.05. The van der Waals surface area contributed by atoms with Crippen molar-refractivity contribution in [2.24, 2.45) is 0 Å². The minimum atomic E-state index is 0.0649. The highest BCUT2D eigenvalue weighted by molar-refractivity contribution is 5.84. The van der Waals surface area contributed by atoms with E-state index in [1.54, 1.807) is 6.33 Å². The SMILES string of the molecule is CCCNc1nc(N2CCCC2CO)nc2c1ncn2CCN1CCCC1=O. The van der Waals surface area contributed by atoms with E-state index >= 15 is 0 Å². The van der Waals surface area contributed by atoms with E-state index in [2.05, 4.69) is 22.1 Å². The van der Waals surface area contributed by atoms with Crippen LogP contribution in [-0.2, 0) is 11.3 Å². The number of carbonyl (C=O) groups excluding carboxylic acids is 1. The topological polar surface area (TPSA) is 99.4 Å². The number of imidazole rings is 1. The van der Waals surface area contributed by atoms with Crippen LogP contribution in [0.15, 0.2) is 6.33 Å². The standard InChI is InChI=1S/C19H29N7O2/c1-2-7-20-17-16-18(23-19(22-17)26-9-3-5-14(26)12-27)25(13-21-16)11-10-24-8-4-6-15(24)28/h13-14,27H,2-12H2,1H3,(H,20,22,23). The smallest absolute Gasteiger partial charge is 0.229 e. The highest BCUT2D eigenvalue weighted by atomic mass is 16.3. The van der Waals surface area contributed by atoms with E-state index in [0.29, 0.717) is 25.5 Å². The summed E-state index contributed by atoms with van der Waals surface area (Å²) in [6.07, 6.45) is 6.35. The summed E-state index contributed by atoms with van der Waals surface area (Å²) in [6.45, 7) is 6.04. The molecule has 9 heteroatoms. The largest absolute Gasteiger partial charge is 0.394 e. The van der Waals surface area contributed by atoms with E-state index in [-0.39, 0.29) is 18.6 Å². The lowest BCUT2D eigenvalue weighted by Gasteiger charge is -2.23. The second-order valence-electron chi connectivity index (χ2n) is 7.57. The molecule has 2 aromatic rings. The summed E-state index contributed by atoms with van der Waals surface area (Å²) in [4.78, 5) is 30.0. The van der Waals surface area contributed by atoms with Gasteiger partial charge < -0.3 is 24.8 Å². The molecule has 2 N–H and O–H groups in total. The molecule has 1 unspecified atom stereocenters. The van der Waals surface area contributed by atoms with Crippen LogP contribution in [0.2, 0.25) is 0 Å². The number of anilines is 2. The Kier molecular flexibility index (Phi) is 5.61. The van der Waals surface area contributed by atoms with Gasteiger partial charge in [0.15, 0.2) is 17.0 Å². The van der Waals surface area contributed by atoms with Crippen molar-refractivity contribution in [1.29, 1.82) is 0 Å². The Morgan fingerprint density at radius 3 is 2.89 bits per heavy atom. The molecule has 28 heavy (non-hydrogen) atoms. The van der Waals surface area contributed by atoms with Gasteiger partial charge in [-0.15, -0.1) is 0 Å². The van der Waals surface area contributed by atoms with Crippen molar-refractivity contribution in [2.45, 2.75) is 51.6 Å². The number of nitrogens with zero attached hydrogens (tertiary/aromatic N) is 6. The van der Waals surface area contributed by atoms with Gasteiger partial charge in [-0.05, 0) is 25.7 Å². The number of fused-ring (bicyclic) bond motifs is 1. The van der Waals surface area contributed by atoms with Crippen LogP contribution < -0.4 is 10.2 Å². The Hall–Kier alpha value is -2.42. The van der Waals surface area contributed by atoms with Gasteiger partial charge in [0.25, 0.3) is 0 Å².